The van der Waals surface area contributed by atoms with Crippen molar-refractivity contribution in [3.05, 3.63) is 71.1 Å². The number of carbonyl (C=O) groups excluding carboxylic acids is 1. The molecule has 5 rings (SSSR count). The Kier molecular flexibility index (Phi) is 6.55. The number of nitrogens with zero attached hydrogens (tertiary/aromatic N) is 5. The highest BCUT2D eigenvalue weighted by molar-refractivity contribution is 6.30. The number of likely N-dealkylation sites (tertiary alicyclic amines) is 1. The summed E-state index contributed by atoms with van der Waals surface area (Å²) in [6.07, 6.45) is -2.52. The van der Waals surface area contributed by atoms with Crippen LogP contribution in [0.2, 0.25) is 5.02 Å². The molecular formula is C25H20ClF3N6O2. The number of aromatic nitrogens is 4. The summed E-state index contributed by atoms with van der Waals surface area (Å²) in [5, 5.41) is 4.25. The van der Waals surface area contributed by atoms with Crippen LogP contribution in [0.1, 0.15) is 30.3 Å². The van der Waals surface area contributed by atoms with Gasteiger partial charge in [0.25, 0.3) is 0 Å². The number of pyridine rings is 2. The Morgan fingerprint density at radius 1 is 1.11 bits per heavy atom. The molecule has 12 heteroatoms. The van der Waals surface area contributed by atoms with E-state index in [-0.39, 0.29) is 17.0 Å². The maximum atomic E-state index is 13.6. The number of rotatable bonds is 4. The van der Waals surface area contributed by atoms with Crippen LogP contribution in [-0.4, -0.2) is 44.6 Å². The molecule has 1 saturated heterocycles. The Bertz CT molecular complexity index is 1470. The molecule has 1 unspecified atom stereocenters. The van der Waals surface area contributed by atoms with Crippen molar-refractivity contribution < 1.29 is 22.7 Å². The third kappa shape index (κ3) is 4.99. The number of carbonyl (C=O) groups is 1. The zero-order chi connectivity index (χ0) is 26.2. The van der Waals surface area contributed by atoms with Crippen LogP contribution in [0, 0.1) is 0 Å². The number of benzene rings is 1. The van der Waals surface area contributed by atoms with E-state index in [9.17, 15) is 18.0 Å². The molecule has 190 valence electrons. The Labute approximate surface area is 214 Å². The number of ether oxygens (including phenoxy) is 1. The predicted molar refractivity (Wildman–Crippen MR) is 131 cm³/mol. The van der Waals surface area contributed by atoms with Crippen molar-refractivity contribution in [3.8, 4) is 11.4 Å². The Morgan fingerprint density at radius 3 is 2.62 bits per heavy atom. The lowest BCUT2D eigenvalue weighted by Crippen LogP contribution is -2.31. The molecule has 0 bridgehead atoms. The van der Waals surface area contributed by atoms with Crippen molar-refractivity contribution in [3.63, 3.8) is 0 Å². The van der Waals surface area contributed by atoms with Crippen LogP contribution in [0.3, 0.4) is 0 Å². The number of nitrogens with one attached hydrogen (secondary N) is 1. The summed E-state index contributed by atoms with van der Waals surface area (Å²) >= 11 is 6.00. The molecule has 0 radical (unpaired) electrons. The molecule has 4 heterocycles. The summed E-state index contributed by atoms with van der Waals surface area (Å²) in [5.41, 5.74) is -0.349. The van der Waals surface area contributed by atoms with Gasteiger partial charge < -0.3 is 10.1 Å². The second-order valence-corrected chi connectivity index (χ2v) is 8.79. The van der Waals surface area contributed by atoms with Crippen LogP contribution in [0.15, 0.2) is 54.7 Å². The monoisotopic (exact) mass is 528 g/mol. The summed E-state index contributed by atoms with van der Waals surface area (Å²) in [7, 11) is 1.30. The fourth-order valence-corrected chi connectivity index (χ4v) is 4.41. The fourth-order valence-electron chi connectivity index (χ4n) is 4.28. The normalized spacial score (nSPS) is 15.7. The zero-order valence-electron chi connectivity index (χ0n) is 19.5. The van der Waals surface area contributed by atoms with Gasteiger partial charge in [-0.3, -0.25) is 9.88 Å². The molecule has 37 heavy (non-hydrogen) atoms. The molecule has 0 aliphatic carbocycles. The molecule has 0 spiro atoms. The maximum Gasteiger partial charge on any atom is 0.418 e. The van der Waals surface area contributed by atoms with Gasteiger partial charge in [0.1, 0.15) is 11.5 Å². The molecule has 1 aliphatic heterocycles. The number of fused-ring (bicyclic) bond motifs is 1. The standard InChI is InChI=1S/C25H20ClF3N6O2/c1-37-24(36)35-13-3-5-19(35)23-33-21(31-15-8-6-14(26)7-9-15)16-10-11-18(32-22(16)34-23)20-17(25(27,28)29)4-2-12-30-20/h2,4,6-12,19H,3,5,13H2,1H3,(H,31,32,33,34). The molecule has 8 nitrogen and oxygen atoms in total. The van der Waals surface area contributed by atoms with Crippen LogP contribution >= 0.6 is 11.6 Å². The first-order valence-corrected chi connectivity index (χ1v) is 11.7. The van der Waals surface area contributed by atoms with E-state index in [0.29, 0.717) is 40.7 Å². The average molecular weight is 529 g/mol. The lowest BCUT2D eigenvalue weighted by molar-refractivity contribution is -0.137. The molecule has 3 aromatic heterocycles. The lowest BCUT2D eigenvalue weighted by atomic mass is 10.1. The van der Waals surface area contributed by atoms with Crippen molar-refractivity contribution in [1.82, 2.24) is 24.8 Å². The number of hydrogen-bond acceptors (Lipinski definition) is 7. The molecule has 1 aromatic carbocycles. The molecule has 0 saturated carbocycles. The van der Waals surface area contributed by atoms with Crippen molar-refractivity contribution in [2.75, 3.05) is 19.0 Å². The summed E-state index contributed by atoms with van der Waals surface area (Å²) in [4.78, 5) is 31.5. The smallest absolute Gasteiger partial charge is 0.418 e. The van der Waals surface area contributed by atoms with E-state index < -0.39 is 23.9 Å². The van der Waals surface area contributed by atoms with E-state index in [0.717, 1.165) is 12.5 Å². The Hall–Kier alpha value is -3.99. The number of methoxy groups -OCH3 is 1. The van der Waals surface area contributed by atoms with E-state index in [2.05, 4.69) is 25.3 Å². The lowest BCUT2D eigenvalue weighted by Gasteiger charge is -2.23. The highest BCUT2D eigenvalue weighted by Gasteiger charge is 2.35. The van der Waals surface area contributed by atoms with Gasteiger partial charge in [-0.1, -0.05) is 11.6 Å². The fraction of sp³-hybridized carbons (Fsp3) is 0.240. The van der Waals surface area contributed by atoms with Gasteiger partial charge in [-0.15, -0.1) is 0 Å². The summed E-state index contributed by atoms with van der Waals surface area (Å²) in [6, 6.07) is 11.7. The Morgan fingerprint density at radius 2 is 1.89 bits per heavy atom. The molecule has 1 amide bonds. The van der Waals surface area contributed by atoms with Crippen LogP contribution in [0.5, 0.6) is 0 Å². The van der Waals surface area contributed by atoms with Crippen molar-refractivity contribution in [2.24, 2.45) is 0 Å². The van der Waals surface area contributed by atoms with Gasteiger partial charge in [-0.25, -0.2) is 19.7 Å². The minimum Gasteiger partial charge on any atom is -0.453 e. The molecule has 1 N–H and O–H groups in total. The largest absolute Gasteiger partial charge is 0.453 e. The second-order valence-electron chi connectivity index (χ2n) is 8.35. The van der Waals surface area contributed by atoms with Gasteiger partial charge in [0.15, 0.2) is 11.5 Å². The van der Waals surface area contributed by atoms with Gasteiger partial charge in [0.2, 0.25) is 0 Å². The maximum absolute atomic E-state index is 13.6. The van der Waals surface area contributed by atoms with Gasteiger partial charge in [-0.2, -0.15) is 13.2 Å². The van der Waals surface area contributed by atoms with E-state index >= 15 is 0 Å². The number of amides is 1. The van der Waals surface area contributed by atoms with Crippen molar-refractivity contribution in [2.45, 2.75) is 25.1 Å². The highest BCUT2D eigenvalue weighted by atomic mass is 35.5. The average Bonchev–Trinajstić information content (AvgIpc) is 3.39. The van der Waals surface area contributed by atoms with Crippen LogP contribution in [0.25, 0.3) is 22.4 Å². The van der Waals surface area contributed by atoms with Gasteiger partial charge in [-0.05, 0) is 61.4 Å². The number of hydrogen-bond donors (Lipinski definition) is 1. The molecule has 1 atom stereocenters. The SMILES string of the molecule is COC(=O)N1CCCC1c1nc(Nc2ccc(Cl)cc2)c2ccc(-c3ncccc3C(F)(F)F)nc2n1. The Balaban J connectivity index is 1.66. The third-order valence-electron chi connectivity index (χ3n) is 6.00. The van der Waals surface area contributed by atoms with Gasteiger partial charge >= 0.3 is 12.3 Å². The van der Waals surface area contributed by atoms with Crippen LogP contribution in [0.4, 0.5) is 29.5 Å². The number of anilines is 2. The summed E-state index contributed by atoms with van der Waals surface area (Å²) in [5.74, 6) is 0.684. The topological polar surface area (TPSA) is 93.1 Å². The van der Waals surface area contributed by atoms with Crippen LogP contribution in [-0.2, 0) is 10.9 Å². The molecule has 1 fully saturated rings. The first-order chi connectivity index (χ1) is 17.7. The van der Waals surface area contributed by atoms with Gasteiger partial charge in [0.05, 0.1) is 29.8 Å². The van der Waals surface area contributed by atoms with E-state index in [1.807, 2.05) is 0 Å². The molecular weight excluding hydrogens is 509 g/mol. The zero-order valence-corrected chi connectivity index (χ0v) is 20.2. The van der Waals surface area contributed by atoms with Gasteiger partial charge in [0, 0.05) is 23.5 Å². The quantitative estimate of drug-likeness (QED) is 0.327. The van der Waals surface area contributed by atoms with E-state index in [4.69, 9.17) is 16.3 Å². The summed E-state index contributed by atoms with van der Waals surface area (Å²) in [6.45, 7) is 0.467. The number of halogens is 4. The van der Waals surface area contributed by atoms with Crippen molar-refractivity contribution in [1.29, 1.82) is 0 Å². The predicted octanol–water partition coefficient (Wildman–Crippen LogP) is 6.41. The summed E-state index contributed by atoms with van der Waals surface area (Å²) < 4.78 is 45.8. The van der Waals surface area contributed by atoms with Crippen LogP contribution < -0.4 is 5.32 Å². The van der Waals surface area contributed by atoms with E-state index in [1.165, 1.54) is 30.3 Å². The van der Waals surface area contributed by atoms with E-state index in [1.54, 1.807) is 30.3 Å². The third-order valence-corrected chi connectivity index (χ3v) is 6.25. The first-order valence-electron chi connectivity index (χ1n) is 11.3. The second kappa shape index (κ2) is 9.81. The van der Waals surface area contributed by atoms with Crippen molar-refractivity contribution >= 4 is 40.2 Å². The molecule has 4 aromatic rings. The first kappa shape index (κ1) is 24.7. The minimum atomic E-state index is -4.61. The minimum absolute atomic E-state index is 0.0127. The highest BCUT2D eigenvalue weighted by Crippen LogP contribution is 2.37. The molecule has 1 aliphatic rings. The number of alkyl halides is 3.